The highest BCUT2D eigenvalue weighted by Gasteiger charge is 2.37. The first-order chi connectivity index (χ1) is 16.6. The topological polar surface area (TPSA) is 147 Å². The molecule has 1 amide bonds. The molecule has 0 aliphatic carbocycles. The van der Waals surface area contributed by atoms with Crippen LogP contribution in [0.15, 0.2) is 36.8 Å². The Hall–Kier alpha value is -2.93. The molecular weight excluding hydrogens is 519 g/mol. The van der Waals surface area contributed by atoms with Crippen LogP contribution in [-0.2, 0) is 22.1 Å². The Labute approximate surface area is 211 Å². The Morgan fingerprint density at radius 1 is 1.26 bits per heavy atom. The minimum atomic E-state index is -4.00. The van der Waals surface area contributed by atoms with Crippen molar-refractivity contribution in [3.8, 4) is 0 Å². The summed E-state index contributed by atoms with van der Waals surface area (Å²) in [6.45, 7) is -0.0173. The molecule has 4 rings (SSSR count). The number of carbonyl (C=O) groups excluding carboxylic acids is 1. The molecule has 1 fully saturated rings. The molecule has 14 heteroatoms. The molecule has 0 spiro atoms. The number of nitrogens with one attached hydrogen (secondary N) is 2. The van der Waals surface area contributed by atoms with Gasteiger partial charge in [-0.3, -0.25) is 19.3 Å². The summed E-state index contributed by atoms with van der Waals surface area (Å²) in [4.78, 5) is 32.4. The number of aryl methyl sites for hydroxylation is 1. The third-order valence-corrected chi connectivity index (χ3v) is 8.23. The molecule has 1 saturated heterocycles. The van der Waals surface area contributed by atoms with Gasteiger partial charge in [-0.2, -0.15) is 12.7 Å². The maximum absolute atomic E-state index is 13.1. The van der Waals surface area contributed by atoms with Gasteiger partial charge in [-0.1, -0.05) is 23.2 Å². The second kappa shape index (κ2) is 9.97. The number of aromatic nitrogens is 3. The lowest BCUT2D eigenvalue weighted by atomic mass is 9.90. The summed E-state index contributed by atoms with van der Waals surface area (Å²) in [6, 6.07) is 4.46. The van der Waals surface area contributed by atoms with E-state index in [0.29, 0.717) is 26.6 Å². The van der Waals surface area contributed by atoms with Crippen molar-refractivity contribution >= 4 is 62.0 Å². The van der Waals surface area contributed by atoms with Crippen LogP contribution in [0, 0.1) is 5.92 Å². The van der Waals surface area contributed by atoms with E-state index < -0.39 is 34.0 Å². The van der Waals surface area contributed by atoms with Crippen molar-refractivity contribution in [1.29, 1.82) is 0 Å². The van der Waals surface area contributed by atoms with Crippen LogP contribution in [0.4, 0.5) is 5.82 Å². The number of amides is 1. The largest absolute Gasteiger partial charge is 0.481 e. The SMILES string of the molecule is Cn1c(C(=O)NC2CCN(S(=O)(=O)Nc3cnccn3)CC2CC(=O)O)cc2c(Cl)c(Cl)ccc21. The average Bonchev–Trinajstić information content (AvgIpc) is 3.14. The summed E-state index contributed by atoms with van der Waals surface area (Å²) in [5.74, 6) is -2.13. The zero-order valence-corrected chi connectivity index (χ0v) is 20.8. The summed E-state index contributed by atoms with van der Waals surface area (Å²) in [6.07, 6.45) is 3.93. The van der Waals surface area contributed by atoms with Crippen molar-refractivity contribution in [2.24, 2.45) is 13.0 Å². The number of fused-ring (bicyclic) bond motifs is 1. The van der Waals surface area contributed by atoms with E-state index in [9.17, 15) is 23.1 Å². The molecule has 1 aliphatic rings. The Bertz CT molecular complexity index is 1380. The quantitative estimate of drug-likeness (QED) is 0.417. The van der Waals surface area contributed by atoms with Gasteiger partial charge in [-0.15, -0.1) is 0 Å². The van der Waals surface area contributed by atoms with Gasteiger partial charge in [-0.05, 0) is 24.6 Å². The molecule has 0 radical (unpaired) electrons. The number of rotatable bonds is 7. The zero-order chi connectivity index (χ0) is 25.3. The second-order valence-corrected chi connectivity index (χ2v) is 10.6. The highest BCUT2D eigenvalue weighted by atomic mass is 35.5. The Morgan fingerprint density at radius 2 is 2.03 bits per heavy atom. The smallest absolute Gasteiger partial charge is 0.303 e. The maximum atomic E-state index is 13.1. The number of carboxylic acid groups (broad SMARTS) is 1. The normalized spacial score (nSPS) is 18.9. The third-order valence-electron chi connectivity index (χ3n) is 5.93. The molecular formula is C21H22Cl2N6O5S. The first-order valence-electron chi connectivity index (χ1n) is 10.6. The van der Waals surface area contributed by atoms with Crippen molar-refractivity contribution in [3.63, 3.8) is 0 Å². The van der Waals surface area contributed by atoms with E-state index in [0.717, 1.165) is 4.31 Å². The van der Waals surface area contributed by atoms with E-state index in [-0.39, 0.29) is 31.7 Å². The Kier molecular flexibility index (Phi) is 7.17. The van der Waals surface area contributed by atoms with E-state index in [1.807, 2.05) is 0 Å². The van der Waals surface area contributed by atoms with Crippen LogP contribution < -0.4 is 10.0 Å². The molecule has 2 unspecified atom stereocenters. The van der Waals surface area contributed by atoms with Gasteiger partial charge in [0.15, 0.2) is 5.82 Å². The van der Waals surface area contributed by atoms with Gasteiger partial charge in [0.1, 0.15) is 5.69 Å². The van der Waals surface area contributed by atoms with Gasteiger partial charge in [0.05, 0.1) is 22.7 Å². The number of carbonyl (C=O) groups is 2. The summed E-state index contributed by atoms with van der Waals surface area (Å²) in [5.41, 5.74) is 1.03. The predicted octanol–water partition coefficient (Wildman–Crippen LogP) is 2.53. The maximum Gasteiger partial charge on any atom is 0.303 e. The summed E-state index contributed by atoms with van der Waals surface area (Å²) in [5, 5.41) is 13.6. The molecule has 1 aromatic carbocycles. The second-order valence-electron chi connectivity index (χ2n) is 8.17. The fourth-order valence-corrected chi connectivity index (χ4v) is 5.81. The number of hydrogen-bond donors (Lipinski definition) is 3. The standard InChI is InChI=1S/C21H22Cl2N6O5S/c1-28-16-3-2-14(22)20(23)13(16)9-17(28)21(32)26-15-4-7-29(11-12(15)8-19(30)31)35(33,34)27-18-10-24-5-6-25-18/h2-3,5-6,9-10,12,15H,4,7-8,11H2,1H3,(H,25,27)(H,26,32)(H,30,31). The van der Waals surface area contributed by atoms with Gasteiger partial charge < -0.3 is 15.0 Å². The van der Waals surface area contributed by atoms with Crippen molar-refractivity contribution < 1.29 is 23.1 Å². The molecule has 1 aliphatic heterocycles. The Morgan fingerprint density at radius 3 is 2.71 bits per heavy atom. The van der Waals surface area contributed by atoms with E-state index in [2.05, 4.69) is 20.0 Å². The van der Waals surface area contributed by atoms with Gasteiger partial charge in [0.25, 0.3) is 5.91 Å². The predicted molar refractivity (Wildman–Crippen MR) is 131 cm³/mol. The van der Waals surface area contributed by atoms with Crippen molar-refractivity contribution in [3.05, 3.63) is 52.5 Å². The van der Waals surface area contributed by atoms with Crippen molar-refractivity contribution in [1.82, 2.24) is 24.2 Å². The number of aliphatic carboxylic acids is 1. The number of halogens is 2. The summed E-state index contributed by atoms with van der Waals surface area (Å²) >= 11 is 12.4. The lowest BCUT2D eigenvalue weighted by Crippen LogP contribution is -2.54. The van der Waals surface area contributed by atoms with Crippen molar-refractivity contribution in [2.45, 2.75) is 18.9 Å². The van der Waals surface area contributed by atoms with Crippen LogP contribution in [0.1, 0.15) is 23.3 Å². The van der Waals surface area contributed by atoms with Crippen LogP contribution in [0.2, 0.25) is 10.0 Å². The van der Waals surface area contributed by atoms with E-state index in [1.54, 1.807) is 29.8 Å². The fraction of sp³-hybridized carbons (Fsp3) is 0.333. The first kappa shape index (κ1) is 25.2. The molecule has 11 nitrogen and oxygen atoms in total. The minimum absolute atomic E-state index is 0.0484. The number of carboxylic acids is 1. The fourth-order valence-electron chi connectivity index (χ4n) is 4.20. The minimum Gasteiger partial charge on any atom is -0.481 e. The Balaban J connectivity index is 1.53. The number of piperidine rings is 1. The monoisotopic (exact) mass is 540 g/mol. The molecule has 0 saturated carbocycles. The van der Waals surface area contributed by atoms with Gasteiger partial charge >= 0.3 is 16.2 Å². The van der Waals surface area contributed by atoms with Gasteiger partial charge in [-0.25, -0.2) is 4.98 Å². The third kappa shape index (κ3) is 5.35. The number of anilines is 1. The lowest BCUT2D eigenvalue weighted by molar-refractivity contribution is -0.138. The van der Waals surface area contributed by atoms with Crippen LogP contribution in [0.5, 0.6) is 0 Å². The van der Waals surface area contributed by atoms with Crippen molar-refractivity contribution in [2.75, 3.05) is 17.8 Å². The molecule has 2 aromatic heterocycles. The van der Waals surface area contributed by atoms with Gasteiger partial charge in [0.2, 0.25) is 0 Å². The zero-order valence-electron chi connectivity index (χ0n) is 18.5. The molecule has 3 aromatic rings. The van der Waals surface area contributed by atoms with Gasteiger partial charge in [0, 0.05) is 55.4 Å². The van der Waals surface area contributed by atoms with Crippen LogP contribution in [-0.4, -0.2) is 63.4 Å². The highest BCUT2D eigenvalue weighted by molar-refractivity contribution is 7.90. The van der Waals surface area contributed by atoms with E-state index >= 15 is 0 Å². The average molecular weight is 541 g/mol. The number of nitrogens with zero attached hydrogens (tertiary/aromatic N) is 4. The number of hydrogen-bond acceptors (Lipinski definition) is 6. The first-order valence-corrected chi connectivity index (χ1v) is 12.8. The molecule has 35 heavy (non-hydrogen) atoms. The molecule has 0 bridgehead atoms. The van der Waals surface area contributed by atoms with E-state index in [1.165, 1.54) is 18.6 Å². The molecule has 3 heterocycles. The van der Waals surface area contributed by atoms with Crippen LogP contribution in [0.3, 0.4) is 0 Å². The van der Waals surface area contributed by atoms with Crippen LogP contribution in [0.25, 0.3) is 10.9 Å². The molecule has 3 N–H and O–H groups in total. The lowest BCUT2D eigenvalue weighted by Gasteiger charge is -2.37. The molecule has 2 atom stereocenters. The highest BCUT2D eigenvalue weighted by Crippen LogP contribution is 2.33. The number of benzene rings is 1. The summed E-state index contributed by atoms with van der Waals surface area (Å²) < 4.78 is 30.8. The van der Waals surface area contributed by atoms with Crippen LogP contribution >= 0.6 is 23.2 Å². The van der Waals surface area contributed by atoms with E-state index in [4.69, 9.17) is 23.2 Å². The summed E-state index contributed by atoms with van der Waals surface area (Å²) in [7, 11) is -2.29. The molecule has 186 valence electrons.